The Hall–Kier alpha value is -2.48. The van der Waals surface area contributed by atoms with Crippen molar-refractivity contribution < 1.29 is 23.8 Å². The number of para-hydroxylation sites is 1. The van der Waals surface area contributed by atoms with Gasteiger partial charge in [0.25, 0.3) is 0 Å². The molecular weight excluding hydrogens is 356 g/mol. The third-order valence-corrected chi connectivity index (χ3v) is 5.29. The summed E-state index contributed by atoms with van der Waals surface area (Å²) in [4.78, 5) is 31.3. The number of ether oxygens (including phenoxy) is 3. The number of esters is 1. The molecule has 0 bridgehead atoms. The van der Waals surface area contributed by atoms with E-state index in [9.17, 15) is 9.59 Å². The Balaban J connectivity index is 2.26. The molecule has 26 heavy (non-hydrogen) atoms. The smallest absolute Gasteiger partial charge is 0.338 e. The fraction of sp³-hybridized carbons (Fsp3) is 0.389. The summed E-state index contributed by atoms with van der Waals surface area (Å²) >= 11 is 1.49. The van der Waals surface area contributed by atoms with Gasteiger partial charge in [0, 0.05) is 17.7 Å². The van der Waals surface area contributed by atoms with Gasteiger partial charge in [-0.1, -0.05) is 23.9 Å². The molecular formula is C18H20N2O5S. The number of amides is 1. The first-order valence-corrected chi connectivity index (χ1v) is 9.05. The third-order valence-electron chi connectivity index (χ3n) is 4.34. The number of allylic oxidation sites excluding steroid dienone is 1. The van der Waals surface area contributed by atoms with Crippen LogP contribution < -0.4 is 9.47 Å². The number of nitrogens with zero attached hydrogens (tertiary/aromatic N) is 2. The lowest BCUT2D eigenvalue weighted by Gasteiger charge is -2.39. The zero-order chi connectivity index (χ0) is 18.8. The van der Waals surface area contributed by atoms with Gasteiger partial charge in [-0.05, 0) is 13.0 Å². The van der Waals surface area contributed by atoms with Crippen LogP contribution in [0, 0.1) is 0 Å². The summed E-state index contributed by atoms with van der Waals surface area (Å²) in [6.45, 7) is 1.75. The molecule has 1 saturated heterocycles. The van der Waals surface area contributed by atoms with Crippen LogP contribution in [-0.2, 0) is 14.3 Å². The predicted octanol–water partition coefficient (Wildman–Crippen LogP) is 2.53. The topological polar surface area (TPSA) is 77.4 Å². The molecule has 3 rings (SSSR count). The van der Waals surface area contributed by atoms with Gasteiger partial charge in [-0.15, -0.1) is 0 Å². The Morgan fingerprint density at radius 3 is 2.69 bits per heavy atom. The van der Waals surface area contributed by atoms with Crippen molar-refractivity contribution in [2.75, 3.05) is 27.1 Å². The largest absolute Gasteiger partial charge is 0.493 e. The lowest BCUT2D eigenvalue weighted by atomic mass is 9.93. The SMILES string of the molecule is COC(=O)C1=C(C)N=C2SCCC(=O)N2[C@H]1c1cccc(OC)c1OC. The highest BCUT2D eigenvalue weighted by molar-refractivity contribution is 8.14. The van der Waals surface area contributed by atoms with Gasteiger partial charge >= 0.3 is 5.97 Å². The van der Waals surface area contributed by atoms with Gasteiger partial charge in [-0.2, -0.15) is 0 Å². The predicted molar refractivity (Wildman–Crippen MR) is 98.4 cm³/mol. The molecule has 1 fully saturated rings. The normalized spacial score (nSPS) is 19.7. The van der Waals surface area contributed by atoms with Crippen molar-refractivity contribution in [3.8, 4) is 11.5 Å². The lowest BCUT2D eigenvalue weighted by Crippen LogP contribution is -2.45. The van der Waals surface area contributed by atoms with Crippen molar-refractivity contribution in [3.05, 3.63) is 35.0 Å². The Labute approximate surface area is 156 Å². The monoisotopic (exact) mass is 376 g/mol. The van der Waals surface area contributed by atoms with Crippen molar-refractivity contribution in [1.29, 1.82) is 0 Å². The van der Waals surface area contributed by atoms with Crippen LogP contribution in [0.25, 0.3) is 0 Å². The minimum atomic E-state index is -0.680. The minimum Gasteiger partial charge on any atom is -0.493 e. The van der Waals surface area contributed by atoms with Gasteiger partial charge in [0.1, 0.15) is 6.04 Å². The molecule has 2 aliphatic rings. The zero-order valence-corrected chi connectivity index (χ0v) is 15.9. The molecule has 0 radical (unpaired) electrons. The van der Waals surface area contributed by atoms with E-state index >= 15 is 0 Å². The van der Waals surface area contributed by atoms with Gasteiger partial charge in [-0.25, -0.2) is 9.79 Å². The Morgan fingerprint density at radius 2 is 2.04 bits per heavy atom. The number of benzene rings is 1. The molecule has 2 heterocycles. The van der Waals surface area contributed by atoms with Crippen LogP contribution in [0.2, 0.25) is 0 Å². The number of rotatable bonds is 4. The first kappa shape index (κ1) is 18.3. The summed E-state index contributed by atoms with van der Waals surface area (Å²) in [6.07, 6.45) is 0.375. The maximum Gasteiger partial charge on any atom is 0.338 e. The van der Waals surface area contributed by atoms with Crippen molar-refractivity contribution in [2.24, 2.45) is 4.99 Å². The van der Waals surface area contributed by atoms with E-state index in [0.29, 0.717) is 45.7 Å². The standard InChI is InChI=1S/C18H20N2O5S/c1-10-14(17(22)25-4)15(20-13(21)8-9-26-18(20)19-10)11-6-5-7-12(23-2)16(11)24-3/h5-7,15H,8-9H2,1-4H3/t15-/m0/s1. The van der Waals surface area contributed by atoms with E-state index < -0.39 is 12.0 Å². The zero-order valence-electron chi connectivity index (χ0n) is 15.1. The van der Waals surface area contributed by atoms with Crippen LogP contribution in [0.5, 0.6) is 11.5 Å². The van der Waals surface area contributed by atoms with Gasteiger partial charge in [0.2, 0.25) is 5.91 Å². The van der Waals surface area contributed by atoms with E-state index in [1.54, 1.807) is 31.1 Å². The summed E-state index contributed by atoms with van der Waals surface area (Å²) in [6, 6.07) is 4.70. The molecule has 0 aromatic heterocycles. The van der Waals surface area contributed by atoms with Crippen molar-refractivity contribution in [1.82, 2.24) is 4.90 Å². The van der Waals surface area contributed by atoms with Gasteiger partial charge in [0.15, 0.2) is 16.7 Å². The number of fused-ring (bicyclic) bond motifs is 1. The number of carbonyl (C=O) groups excluding carboxylic acids is 2. The van der Waals surface area contributed by atoms with E-state index in [1.165, 1.54) is 26.0 Å². The Kier molecular flexibility index (Phi) is 5.22. The molecule has 0 N–H and O–H groups in total. The van der Waals surface area contributed by atoms with Crippen LogP contribution in [0.1, 0.15) is 24.9 Å². The average molecular weight is 376 g/mol. The number of thioether (sulfide) groups is 1. The second-order valence-corrected chi connectivity index (χ2v) is 6.79. The number of hydrogen-bond donors (Lipinski definition) is 0. The molecule has 0 aliphatic carbocycles. The van der Waals surface area contributed by atoms with E-state index in [2.05, 4.69) is 4.99 Å². The highest BCUT2D eigenvalue weighted by Crippen LogP contribution is 2.45. The fourth-order valence-electron chi connectivity index (χ4n) is 3.19. The van der Waals surface area contributed by atoms with E-state index in [0.717, 1.165) is 0 Å². The molecule has 138 valence electrons. The maximum absolute atomic E-state index is 12.7. The molecule has 0 spiro atoms. The van der Waals surface area contributed by atoms with Crippen LogP contribution in [0.4, 0.5) is 0 Å². The number of aliphatic imine (C=N–C) groups is 1. The molecule has 8 heteroatoms. The lowest BCUT2D eigenvalue weighted by molar-refractivity contribution is -0.137. The second kappa shape index (κ2) is 7.41. The number of carbonyl (C=O) groups is 2. The van der Waals surface area contributed by atoms with Crippen LogP contribution in [0.15, 0.2) is 34.5 Å². The first-order chi connectivity index (χ1) is 12.5. The molecule has 1 aromatic rings. The minimum absolute atomic E-state index is 0.0914. The maximum atomic E-state index is 12.7. The highest BCUT2D eigenvalue weighted by Gasteiger charge is 2.43. The molecule has 7 nitrogen and oxygen atoms in total. The van der Waals surface area contributed by atoms with Crippen LogP contribution >= 0.6 is 11.8 Å². The molecule has 0 unspecified atom stereocenters. The van der Waals surface area contributed by atoms with Crippen molar-refractivity contribution in [2.45, 2.75) is 19.4 Å². The summed E-state index contributed by atoms with van der Waals surface area (Å²) in [5.41, 5.74) is 1.49. The quantitative estimate of drug-likeness (QED) is 0.752. The second-order valence-electron chi connectivity index (χ2n) is 5.73. The van der Waals surface area contributed by atoms with Crippen molar-refractivity contribution in [3.63, 3.8) is 0 Å². The van der Waals surface area contributed by atoms with Gasteiger partial charge < -0.3 is 14.2 Å². The molecule has 2 aliphatic heterocycles. The van der Waals surface area contributed by atoms with Gasteiger partial charge in [-0.3, -0.25) is 9.69 Å². The third kappa shape index (κ3) is 2.94. The number of methoxy groups -OCH3 is 3. The van der Waals surface area contributed by atoms with Gasteiger partial charge in [0.05, 0.1) is 32.6 Å². The van der Waals surface area contributed by atoms with Crippen LogP contribution in [-0.4, -0.2) is 49.0 Å². The first-order valence-electron chi connectivity index (χ1n) is 8.07. The summed E-state index contributed by atoms with van der Waals surface area (Å²) < 4.78 is 15.9. The highest BCUT2D eigenvalue weighted by atomic mass is 32.2. The summed E-state index contributed by atoms with van der Waals surface area (Å²) in [7, 11) is 4.38. The Bertz CT molecular complexity index is 818. The molecule has 1 atom stereocenters. The van der Waals surface area contributed by atoms with E-state index in [4.69, 9.17) is 14.2 Å². The number of amidine groups is 1. The van der Waals surface area contributed by atoms with Crippen LogP contribution in [0.3, 0.4) is 0 Å². The fourth-order valence-corrected chi connectivity index (χ4v) is 4.20. The number of hydrogen-bond acceptors (Lipinski definition) is 7. The molecule has 1 amide bonds. The molecule has 0 saturated carbocycles. The Morgan fingerprint density at radius 1 is 1.27 bits per heavy atom. The summed E-state index contributed by atoms with van der Waals surface area (Å²) in [5.74, 6) is 1.04. The van der Waals surface area contributed by atoms with E-state index in [-0.39, 0.29) is 5.91 Å². The average Bonchev–Trinajstić information content (AvgIpc) is 2.65. The van der Waals surface area contributed by atoms with E-state index in [1.807, 2.05) is 6.07 Å². The molecule has 1 aromatic carbocycles. The summed E-state index contributed by atoms with van der Waals surface area (Å²) in [5, 5.41) is 0.585. The van der Waals surface area contributed by atoms with Crippen molar-refractivity contribution >= 4 is 28.8 Å².